The molecule has 12 heavy (non-hydrogen) atoms. The number of carboxylic acid groups (broad SMARTS) is 1. The number of hydrogen-bond donors (Lipinski definition) is 1. The molecule has 0 unspecified atom stereocenters. The smallest absolute Gasteiger partial charge is 0.382 e. The van der Waals surface area contributed by atoms with Gasteiger partial charge in [0, 0.05) is 28.5 Å². The molecule has 0 aromatic heterocycles. The zero-order valence-corrected chi connectivity index (χ0v) is 7.40. The number of rotatable bonds is 1. The number of halogens is 5. The molecule has 0 radical (unpaired) electrons. The van der Waals surface area contributed by atoms with Crippen molar-refractivity contribution in [2.75, 3.05) is 0 Å². The van der Waals surface area contributed by atoms with E-state index in [9.17, 15) is 22.4 Å². The quantitative estimate of drug-likeness (QED) is 0.346. The van der Waals surface area contributed by atoms with Gasteiger partial charge in [0.1, 0.15) is 0 Å². The van der Waals surface area contributed by atoms with Crippen molar-refractivity contribution in [2.45, 2.75) is 9.85 Å². The molecule has 0 heterocycles. The first kappa shape index (κ1) is 11.5. The van der Waals surface area contributed by atoms with Gasteiger partial charge in [0.05, 0.1) is 0 Å². The van der Waals surface area contributed by atoms with Crippen molar-refractivity contribution in [3.63, 3.8) is 0 Å². The summed E-state index contributed by atoms with van der Waals surface area (Å²) in [5.41, 5.74) is 0. The fraction of sp³-hybridized carbons (Fsp3) is 0.400. The van der Waals surface area contributed by atoms with E-state index in [1.165, 1.54) is 0 Å². The molecule has 0 fully saturated rings. The summed E-state index contributed by atoms with van der Waals surface area (Å²) in [5, 5.41) is 7.79. The standard InChI is InChI=1S/C5HF4IO2/c6-4(7,5(8,9)10)2-1-3(11)12/h(H,11,12). The third kappa shape index (κ3) is 3.25. The molecule has 0 aromatic rings. The highest BCUT2D eigenvalue weighted by Gasteiger charge is 2.53. The maximum absolute atomic E-state index is 12.1. The van der Waals surface area contributed by atoms with Crippen LogP contribution in [0.4, 0.5) is 17.6 Å². The van der Waals surface area contributed by atoms with Gasteiger partial charge < -0.3 is 5.11 Å². The first-order valence-corrected chi connectivity index (χ1v) is 3.45. The molecule has 68 valence electrons. The van der Waals surface area contributed by atoms with Crippen molar-refractivity contribution < 1.29 is 27.5 Å². The Balaban J connectivity index is 4.69. The number of alkyl halides is 5. The maximum atomic E-state index is 12.1. The van der Waals surface area contributed by atoms with Gasteiger partial charge in [0.25, 0.3) is 0 Å². The van der Waals surface area contributed by atoms with E-state index in [0.29, 0.717) is 5.92 Å². The van der Waals surface area contributed by atoms with Crippen molar-refractivity contribution >= 4 is 28.6 Å². The monoisotopic (exact) mass is 296 g/mol. The van der Waals surface area contributed by atoms with E-state index >= 15 is 0 Å². The molecule has 1 N–H and O–H groups in total. The summed E-state index contributed by atoms with van der Waals surface area (Å²) < 4.78 is 43.6. The van der Waals surface area contributed by atoms with E-state index < -0.39 is 15.8 Å². The molecule has 0 aliphatic heterocycles. The molecule has 2 nitrogen and oxygen atoms in total. The molecule has 0 aliphatic carbocycles. The van der Waals surface area contributed by atoms with Crippen molar-refractivity contribution in [2.24, 2.45) is 0 Å². The lowest BCUT2D eigenvalue weighted by molar-refractivity contribution is -0.130. The Labute approximate surface area is 78.1 Å². The predicted molar refractivity (Wildman–Crippen MR) is 39.3 cm³/mol. The van der Waals surface area contributed by atoms with Gasteiger partial charge in [0.15, 0.2) is 0 Å². The highest BCUT2D eigenvalue weighted by atomic mass is 127. The lowest BCUT2D eigenvalue weighted by atomic mass is 10.3. The number of hydrogen-bond acceptors (Lipinski definition) is 1. The van der Waals surface area contributed by atoms with Crippen LogP contribution in [-0.2, 0) is 4.79 Å². The Bertz CT molecular complexity index is 246. The lowest BCUT2D eigenvalue weighted by Gasteiger charge is -2.14. The second kappa shape index (κ2) is 3.47. The fourth-order valence-electron chi connectivity index (χ4n) is 0.203. The van der Waals surface area contributed by atoms with Crippen molar-refractivity contribution in [1.29, 1.82) is 0 Å². The fourth-order valence-corrected chi connectivity index (χ4v) is 0.338. The van der Waals surface area contributed by atoms with Crippen LogP contribution in [0.2, 0.25) is 0 Å². The topological polar surface area (TPSA) is 37.3 Å². The van der Waals surface area contributed by atoms with Gasteiger partial charge >= 0.3 is 15.8 Å². The van der Waals surface area contributed by atoms with Gasteiger partial charge in [-0.15, -0.1) is 0 Å². The highest BCUT2D eigenvalue weighted by Crippen LogP contribution is 2.39. The van der Waals surface area contributed by atoms with Crippen molar-refractivity contribution in [3.05, 3.63) is 0 Å². The third-order valence-electron chi connectivity index (χ3n) is 0.682. The predicted octanol–water partition coefficient (Wildman–Crippen LogP) is 1.74. The van der Waals surface area contributed by atoms with E-state index in [1.54, 1.807) is 0 Å². The molecule has 0 aromatic carbocycles. The van der Waals surface area contributed by atoms with Crippen LogP contribution in [0.3, 0.4) is 0 Å². The molecule has 7 heteroatoms. The average molecular weight is 296 g/mol. The van der Waals surface area contributed by atoms with Gasteiger partial charge in [-0.05, 0) is 5.92 Å². The highest BCUT2D eigenvalue weighted by molar-refractivity contribution is 14.1. The molecule has 0 amide bonds. The van der Waals surface area contributed by atoms with Crippen LogP contribution in [0.25, 0.3) is 0 Å². The summed E-state index contributed by atoms with van der Waals surface area (Å²) in [4.78, 5) is 9.62. The molecule has 0 aliphatic rings. The second-order valence-corrected chi connectivity index (χ2v) is 2.98. The molecular weight excluding hydrogens is 295 g/mol. The van der Waals surface area contributed by atoms with E-state index in [1.807, 2.05) is 0 Å². The molecule has 0 bridgehead atoms. The van der Waals surface area contributed by atoms with E-state index in [4.69, 9.17) is 5.11 Å². The SMILES string of the molecule is O=C(O)C#CC(F)(F)C(F)(F)I. The number of aliphatic carboxylic acids is 1. The van der Waals surface area contributed by atoms with E-state index in [0.717, 1.165) is 5.92 Å². The summed E-state index contributed by atoms with van der Waals surface area (Å²) in [6.45, 7) is 0. The average Bonchev–Trinajstić information content (AvgIpc) is 1.81. The Kier molecular flexibility index (Phi) is 3.32. The van der Waals surface area contributed by atoms with E-state index in [2.05, 4.69) is 0 Å². The van der Waals surface area contributed by atoms with Gasteiger partial charge in [-0.25, -0.2) is 4.79 Å². The lowest BCUT2D eigenvalue weighted by Crippen LogP contribution is -2.33. The Morgan fingerprint density at radius 2 is 1.75 bits per heavy atom. The van der Waals surface area contributed by atoms with Crippen LogP contribution in [0.1, 0.15) is 0 Å². The van der Waals surface area contributed by atoms with Crippen LogP contribution in [-0.4, -0.2) is 20.9 Å². The summed E-state index contributed by atoms with van der Waals surface area (Å²) in [7, 11) is 0. The minimum atomic E-state index is -4.62. The van der Waals surface area contributed by atoms with Gasteiger partial charge in [-0.2, -0.15) is 17.6 Å². The summed E-state index contributed by atoms with van der Waals surface area (Å²) >= 11 is 0.187. The Morgan fingerprint density at radius 3 is 2.00 bits per heavy atom. The van der Waals surface area contributed by atoms with Crippen molar-refractivity contribution in [3.8, 4) is 11.8 Å². The number of carboxylic acids is 1. The minimum Gasteiger partial charge on any atom is -0.472 e. The van der Waals surface area contributed by atoms with Gasteiger partial charge in [0.2, 0.25) is 0 Å². The van der Waals surface area contributed by atoms with Crippen LogP contribution in [0.5, 0.6) is 0 Å². The normalized spacial score (nSPS) is 11.8. The largest absolute Gasteiger partial charge is 0.472 e. The molecule has 0 saturated heterocycles. The molecular formula is C5HF4IO2. The van der Waals surface area contributed by atoms with Crippen LogP contribution >= 0.6 is 22.6 Å². The van der Waals surface area contributed by atoms with Crippen LogP contribution in [0, 0.1) is 11.8 Å². The zero-order chi connectivity index (χ0) is 9.99. The molecule has 0 saturated carbocycles. The molecule has 0 spiro atoms. The first-order chi connectivity index (χ1) is 5.17. The zero-order valence-electron chi connectivity index (χ0n) is 5.25. The van der Waals surface area contributed by atoms with Gasteiger partial charge in [-0.3, -0.25) is 0 Å². The molecule has 0 rings (SSSR count). The van der Waals surface area contributed by atoms with Crippen molar-refractivity contribution in [1.82, 2.24) is 0 Å². The second-order valence-electron chi connectivity index (χ2n) is 1.63. The van der Waals surface area contributed by atoms with Crippen LogP contribution < -0.4 is 0 Å². The minimum absolute atomic E-state index is 0.187. The first-order valence-electron chi connectivity index (χ1n) is 2.37. The van der Waals surface area contributed by atoms with Crippen LogP contribution in [0.15, 0.2) is 0 Å². The summed E-state index contributed by atoms with van der Waals surface area (Å²) in [5.74, 6) is -4.92. The van der Waals surface area contributed by atoms with E-state index in [-0.39, 0.29) is 22.6 Å². The van der Waals surface area contributed by atoms with Gasteiger partial charge in [-0.1, -0.05) is 0 Å². The Hall–Kier alpha value is -0.520. The summed E-state index contributed by atoms with van der Waals surface area (Å²) in [6.07, 6.45) is 0. The Morgan fingerprint density at radius 1 is 1.33 bits per heavy atom. The molecule has 0 atom stereocenters. The number of carbonyl (C=O) groups is 1. The third-order valence-corrected chi connectivity index (χ3v) is 1.36. The summed E-state index contributed by atoms with van der Waals surface area (Å²) in [6, 6.07) is 0. The maximum Gasteiger partial charge on any atom is 0.382 e.